The lowest BCUT2D eigenvalue weighted by molar-refractivity contribution is -0.141. The zero-order valence-corrected chi connectivity index (χ0v) is 20.9. The molecule has 200 valence electrons. The summed E-state index contributed by atoms with van der Waals surface area (Å²) < 4.78 is 0. The van der Waals surface area contributed by atoms with Crippen LogP contribution in [0, 0.1) is 0 Å². The number of rotatable bonds is 13. The molecule has 2 aromatic rings. The monoisotopic (exact) mass is 533 g/mol. The van der Waals surface area contributed by atoms with Gasteiger partial charge in [0.25, 0.3) is 0 Å². The Morgan fingerprint density at radius 3 is 2.35 bits per heavy atom. The molecule has 12 nitrogen and oxygen atoms in total. The molecular formula is C24H31N5O7S. The van der Waals surface area contributed by atoms with Gasteiger partial charge in [0.15, 0.2) is 0 Å². The average Bonchev–Trinajstić information content (AvgIpc) is 3.55. The first-order valence-corrected chi connectivity index (χ1v) is 12.6. The number of amides is 3. The number of aliphatic carboxylic acids is 2. The minimum absolute atomic E-state index is 0.0181. The highest BCUT2D eigenvalue weighted by molar-refractivity contribution is 7.80. The van der Waals surface area contributed by atoms with E-state index < -0.39 is 53.8 Å². The summed E-state index contributed by atoms with van der Waals surface area (Å²) in [5.41, 5.74) is 1.52. The van der Waals surface area contributed by atoms with Gasteiger partial charge in [-0.3, -0.25) is 19.2 Å². The van der Waals surface area contributed by atoms with Crippen molar-refractivity contribution in [2.24, 2.45) is 0 Å². The number of H-pyrrole nitrogens is 1. The highest BCUT2D eigenvalue weighted by Crippen LogP contribution is 2.19. The van der Waals surface area contributed by atoms with Gasteiger partial charge in [0.1, 0.15) is 18.1 Å². The van der Waals surface area contributed by atoms with Crippen LogP contribution in [0.15, 0.2) is 30.5 Å². The van der Waals surface area contributed by atoms with E-state index in [1.54, 1.807) is 6.20 Å². The fraction of sp³-hybridized carbons (Fsp3) is 0.458. The maximum absolute atomic E-state index is 13.2. The van der Waals surface area contributed by atoms with Gasteiger partial charge in [0.05, 0.1) is 6.04 Å². The van der Waals surface area contributed by atoms with Crippen LogP contribution in [0.25, 0.3) is 10.9 Å². The van der Waals surface area contributed by atoms with Gasteiger partial charge < -0.3 is 36.5 Å². The topological polar surface area (TPSA) is 190 Å². The molecule has 0 spiro atoms. The van der Waals surface area contributed by atoms with Crippen molar-refractivity contribution >= 4 is 53.2 Å². The van der Waals surface area contributed by atoms with Crippen molar-refractivity contribution in [1.82, 2.24) is 26.3 Å². The second kappa shape index (κ2) is 13.1. The summed E-state index contributed by atoms with van der Waals surface area (Å²) in [6.45, 7) is 0.660. The molecule has 1 saturated heterocycles. The Hall–Kier alpha value is -3.58. The fourth-order valence-corrected chi connectivity index (χ4v) is 4.42. The molecule has 2 heterocycles. The van der Waals surface area contributed by atoms with Crippen LogP contribution in [0.4, 0.5) is 0 Å². The highest BCUT2D eigenvalue weighted by atomic mass is 32.1. The standard InChI is InChI=1S/C24H31N5O7S/c30-20(31)8-7-17(27-21(32)16-6-3-9-25-16)22(33)28-18(23(34)29-19(12-37)24(35)36)10-13-11-26-15-5-2-1-4-14(13)15/h1-2,4-5,11,16-19,25-26,37H,3,6-10,12H2,(H,27,32)(H,28,33)(H,29,34)(H,30,31)(H,35,36). The summed E-state index contributed by atoms with van der Waals surface area (Å²) in [6.07, 6.45) is 2.54. The lowest BCUT2D eigenvalue weighted by atomic mass is 10.0. The first-order valence-electron chi connectivity index (χ1n) is 11.9. The molecule has 1 aromatic carbocycles. The van der Waals surface area contributed by atoms with Gasteiger partial charge in [0, 0.05) is 35.7 Å². The van der Waals surface area contributed by atoms with E-state index in [-0.39, 0.29) is 25.0 Å². The Morgan fingerprint density at radius 1 is 1.00 bits per heavy atom. The molecule has 1 aromatic heterocycles. The van der Waals surface area contributed by atoms with E-state index in [0.717, 1.165) is 17.3 Å². The van der Waals surface area contributed by atoms with Gasteiger partial charge >= 0.3 is 11.9 Å². The minimum Gasteiger partial charge on any atom is -0.481 e. The summed E-state index contributed by atoms with van der Waals surface area (Å²) in [6, 6.07) is 3.17. The van der Waals surface area contributed by atoms with E-state index in [9.17, 15) is 29.1 Å². The van der Waals surface area contributed by atoms with Gasteiger partial charge in [-0.2, -0.15) is 12.6 Å². The number of hydrogen-bond donors (Lipinski definition) is 8. The van der Waals surface area contributed by atoms with E-state index in [4.69, 9.17) is 5.11 Å². The summed E-state index contributed by atoms with van der Waals surface area (Å²) in [7, 11) is 0. The smallest absolute Gasteiger partial charge is 0.327 e. The van der Waals surface area contributed by atoms with E-state index in [2.05, 4.69) is 38.9 Å². The summed E-state index contributed by atoms with van der Waals surface area (Å²) >= 11 is 3.97. The molecule has 1 fully saturated rings. The summed E-state index contributed by atoms with van der Waals surface area (Å²) in [5, 5.41) is 29.9. The molecule has 4 atom stereocenters. The second-order valence-corrected chi connectivity index (χ2v) is 9.21. The van der Waals surface area contributed by atoms with Crippen molar-refractivity contribution < 1.29 is 34.2 Å². The normalized spacial score (nSPS) is 17.5. The maximum atomic E-state index is 13.2. The van der Waals surface area contributed by atoms with Crippen molar-refractivity contribution in [2.45, 2.75) is 56.3 Å². The number of carboxylic acids is 2. The van der Waals surface area contributed by atoms with Crippen LogP contribution >= 0.6 is 12.6 Å². The summed E-state index contributed by atoms with van der Waals surface area (Å²) in [4.78, 5) is 64.7. The van der Waals surface area contributed by atoms with Gasteiger partial charge in [-0.25, -0.2) is 4.79 Å². The van der Waals surface area contributed by atoms with Crippen molar-refractivity contribution in [2.75, 3.05) is 12.3 Å². The lowest BCUT2D eigenvalue weighted by Crippen LogP contribution is -2.57. The van der Waals surface area contributed by atoms with Crippen molar-refractivity contribution in [1.29, 1.82) is 0 Å². The Labute approximate surface area is 218 Å². The van der Waals surface area contributed by atoms with E-state index in [0.29, 0.717) is 18.5 Å². The molecule has 0 saturated carbocycles. The average molecular weight is 534 g/mol. The molecule has 37 heavy (non-hydrogen) atoms. The number of thiol groups is 1. The number of aromatic amines is 1. The van der Waals surface area contributed by atoms with Gasteiger partial charge in [-0.1, -0.05) is 18.2 Å². The molecule has 13 heteroatoms. The van der Waals surface area contributed by atoms with Crippen molar-refractivity contribution in [3.63, 3.8) is 0 Å². The molecule has 0 radical (unpaired) electrons. The van der Waals surface area contributed by atoms with Crippen LogP contribution in [0.1, 0.15) is 31.2 Å². The zero-order valence-electron chi connectivity index (χ0n) is 20.0. The SMILES string of the molecule is O=C(O)CCC(NC(=O)C1CCCN1)C(=O)NC(Cc1c[nH]c2ccccc12)C(=O)NC(CS)C(=O)O. The number of benzene rings is 1. The number of aromatic nitrogens is 1. The van der Waals surface area contributed by atoms with Crippen LogP contribution in [-0.4, -0.2) is 81.3 Å². The Balaban J connectivity index is 1.82. The lowest BCUT2D eigenvalue weighted by Gasteiger charge is -2.25. The van der Waals surface area contributed by atoms with Crippen LogP contribution in [-0.2, 0) is 30.4 Å². The molecule has 3 amide bonds. The van der Waals surface area contributed by atoms with E-state index in [1.807, 2.05) is 24.3 Å². The minimum atomic E-state index is -1.28. The van der Waals surface area contributed by atoms with E-state index in [1.165, 1.54) is 0 Å². The third-order valence-corrected chi connectivity index (χ3v) is 6.55. The van der Waals surface area contributed by atoms with E-state index >= 15 is 0 Å². The maximum Gasteiger partial charge on any atom is 0.327 e. The Morgan fingerprint density at radius 2 is 1.70 bits per heavy atom. The molecule has 1 aliphatic rings. The van der Waals surface area contributed by atoms with Gasteiger partial charge in [-0.15, -0.1) is 0 Å². The van der Waals surface area contributed by atoms with Crippen molar-refractivity contribution in [3.05, 3.63) is 36.0 Å². The molecule has 1 aliphatic heterocycles. The molecule has 0 aliphatic carbocycles. The molecular weight excluding hydrogens is 502 g/mol. The Bertz CT molecular complexity index is 1150. The van der Waals surface area contributed by atoms with Crippen molar-refractivity contribution in [3.8, 4) is 0 Å². The fourth-order valence-electron chi connectivity index (χ4n) is 4.18. The number of fused-ring (bicyclic) bond motifs is 1. The number of nitrogens with one attached hydrogen (secondary N) is 5. The number of para-hydroxylation sites is 1. The van der Waals surface area contributed by atoms with Gasteiger partial charge in [-0.05, 0) is 37.4 Å². The summed E-state index contributed by atoms with van der Waals surface area (Å²) in [5.74, 6) is -4.51. The third-order valence-electron chi connectivity index (χ3n) is 6.19. The van der Waals surface area contributed by atoms with Crippen LogP contribution < -0.4 is 21.3 Å². The molecule has 7 N–H and O–H groups in total. The largest absolute Gasteiger partial charge is 0.481 e. The quantitative estimate of drug-likeness (QED) is 0.162. The number of carboxylic acid groups (broad SMARTS) is 2. The molecule has 0 bridgehead atoms. The third kappa shape index (κ3) is 7.70. The number of carbonyl (C=O) groups is 5. The van der Waals surface area contributed by atoms with Crippen LogP contribution in [0.5, 0.6) is 0 Å². The van der Waals surface area contributed by atoms with Gasteiger partial charge in [0.2, 0.25) is 17.7 Å². The van der Waals surface area contributed by atoms with Crippen LogP contribution in [0.3, 0.4) is 0 Å². The first kappa shape index (κ1) is 28.0. The van der Waals surface area contributed by atoms with Crippen LogP contribution in [0.2, 0.25) is 0 Å². The number of carbonyl (C=O) groups excluding carboxylic acids is 3. The molecule has 3 rings (SSSR count). The predicted octanol–water partition coefficient (Wildman–Crippen LogP) is -0.204. The zero-order chi connectivity index (χ0) is 26.9. The number of hydrogen-bond acceptors (Lipinski definition) is 7. The first-order chi connectivity index (χ1) is 17.7. The predicted molar refractivity (Wildman–Crippen MR) is 137 cm³/mol. The Kier molecular flexibility index (Phi) is 9.92. The molecule has 4 unspecified atom stereocenters. The second-order valence-electron chi connectivity index (χ2n) is 8.85. The highest BCUT2D eigenvalue weighted by Gasteiger charge is 2.32.